The quantitative estimate of drug-likeness (QED) is 0.922. The molecule has 1 atom stereocenters. The highest BCUT2D eigenvalue weighted by molar-refractivity contribution is 5.23. The van der Waals surface area contributed by atoms with Crippen LogP contribution in [0.15, 0.2) is 42.7 Å². The van der Waals surface area contributed by atoms with Gasteiger partial charge >= 0.3 is 0 Å². The van der Waals surface area contributed by atoms with Crippen LogP contribution in [0.5, 0.6) is 0 Å². The van der Waals surface area contributed by atoms with E-state index in [-0.39, 0.29) is 0 Å². The molecule has 4 nitrogen and oxygen atoms in total. The van der Waals surface area contributed by atoms with E-state index in [9.17, 15) is 0 Å². The van der Waals surface area contributed by atoms with Crippen LogP contribution in [0, 0.1) is 0 Å². The van der Waals surface area contributed by atoms with Crippen molar-refractivity contribution in [2.24, 2.45) is 5.73 Å². The van der Waals surface area contributed by atoms with Crippen LogP contribution in [0.25, 0.3) is 0 Å². The van der Waals surface area contributed by atoms with Crippen LogP contribution < -0.4 is 5.73 Å². The van der Waals surface area contributed by atoms with Crippen molar-refractivity contribution in [2.45, 2.75) is 32.0 Å². The molecule has 0 aliphatic carbocycles. The normalized spacial score (nSPS) is 20.1. The molecule has 4 heteroatoms. The Kier molecular flexibility index (Phi) is 4.14. The SMILES string of the molecule is N[C@H]1CCCN(Cc2cccc(Cn3cccn3)c2)C1. The fraction of sp³-hybridized carbons (Fsp3) is 0.438. The summed E-state index contributed by atoms with van der Waals surface area (Å²) >= 11 is 0. The Morgan fingerprint density at radius 2 is 2.05 bits per heavy atom. The Labute approximate surface area is 120 Å². The van der Waals surface area contributed by atoms with Crippen LogP contribution in [-0.4, -0.2) is 33.8 Å². The molecule has 3 rings (SSSR count). The first kappa shape index (κ1) is 13.3. The summed E-state index contributed by atoms with van der Waals surface area (Å²) in [6.45, 7) is 4.02. The molecule has 0 unspecified atom stereocenters. The fourth-order valence-corrected chi connectivity index (χ4v) is 2.90. The molecule has 1 fully saturated rings. The van der Waals surface area contributed by atoms with Gasteiger partial charge in [0.15, 0.2) is 0 Å². The Morgan fingerprint density at radius 1 is 1.20 bits per heavy atom. The molecule has 106 valence electrons. The lowest BCUT2D eigenvalue weighted by atomic mass is 10.0. The third-order valence-corrected chi connectivity index (χ3v) is 3.84. The van der Waals surface area contributed by atoms with Crippen LogP contribution in [0.1, 0.15) is 24.0 Å². The maximum Gasteiger partial charge on any atom is 0.0659 e. The van der Waals surface area contributed by atoms with Gasteiger partial charge in [0.05, 0.1) is 6.54 Å². The van der Waals surface area contributed by atoms with E-state index in [1.807, 2.05) is 23.1 Å². The second-order valence-corrected chi connectivity index (χ2v) is 5.66. The first-order valence-corrected chi connectivity index (χ1v) is 7.33. The number of hydrogen-bond acceptors (Lipinski definition) is 3. The summed E-state index contributed by atoms with van der Waals surface area (Å²) < 4.78 is 1.95. The maximum absolute atomic E-state index is 6.05. The Bertz CT molecular complexity index is 535. The first-order chi connectivity index (χ1) is 9.79. The van der Waals surface area contributed by atoms with E-state index in [1.54, 1.807) is 0 Å². The first-order valence-electron chi connectivity index (χ1n) is 7.33. The van der Waals surface area contributed by atoms with E-state index in [0.717, 1.165) is 32.6 Å². The second kappa shape index (κ2) is 6.20. The van der Waals surface area contributed by atoms with Crippen LogP contribution >= 0.6 is 0 Å². The number of piperidine rings is 1. The molecule has 1 aliphatic rings. The zero-order valence-corrected chi connectivity index (χ0v) is 11.8. The number of nitrogens with zero attached hydrogens (tertiary/aromatic N) is 3. The molecule has 1 saturated heterocycles. The van der Waals surface area contributed by atoms with Gasteiger partial charge in [0.2, 0.25) is 0 Å². The molecule has 0 bridgehead atoms. The predicted octanol–water partition coefficient (Wildman–Crippen LogP) is 1.85. The molecule has 0 amide bonds. The van der Waals surface area contributed by atoms with Gasteiger partial charge in [-0.25, -0.2) is 0 Å². The van der Waals surface area contributed by atoms with Crippen LogP contribution in [0.4, 0.5) is 0 Å². The van der Waals surface area contributed by atoms with Gasteiger partial charge in [0.25, 0.3) is 0 Å². The standard InChI is InChI=1S/C16H22N4/c17-16-6-2-8-19(13-16)11-14-4-1-5-15(10-14)12-20-9-3-7-18-20/h1,3-5,7,9-10,16H,2,6,8,11-13,17H2/t16-/m0/s1. The summed E-state index contributed by atoms with van der Waals surface area (Å²) in [5.41, 5.74) is 8.71. The molecule has 2 heterocycles. The van der Waals surface area contributed by atoms with E-state index in [2.05, 4.69) is 34.3 Å². The van der Waals surface area contributed by atoms with E-state index >= 15 is 0 Å². The topological polar surface area (TPSA) is 47.1 Å². The van der Waals surface area contributed by atoms with Gasteiger partial charge in [-0.15, -0.1) is 0 Å². The Balaban J connectivity index is 1.65. The average Bonchev–Trinajstić information content (AvgIpc) is 2.92. The van der Waals surface area contributed by atoms with Gasteiger partial charge in [0, 0.05) is 31.5 Å². The van der Waals surface area contributed by atoms with Crippen LogP contribution in [0.2, 0.25) is 0 Å². The third kappa shape index (κ3) is 3.46. The van der Waals surface area contributed by atoms with E-state index in [4.69, 9.17) is 5.73 Å². The van der Waals surface area contributed by atoms with E-state index in [0.29, 0.717) is 6.04 Å². The van der Waals surface area contributed by atoms with Gasteiger partial charge in [-0.3, -0.25) is 9.58 Å². The van der Waals surface area contributed by atoms with Crippen LogP contribution in [-0.2, 0) is 13.1 Å². The Morgan fingerprint density at radius 3 is 2.80 bits per heavy atom. The smallest absolute Gasteiger partial charge is 0.0659 e. The lowest BCUT2D eigenvalue weighted by molar-refractivity contribution is 0.201. The third-order valence-electron chi connectivity index (χ3n) is 3.84. The predicted molar refractivity (Wildman–Crippen MR) is 80.3 cm³/mol. The highest BCUT2D eigenvalue weighted by atomic mass is 15.3. The van der Waals surface area contributed by atoms with Gasteiger partial charge in [-0.05, 0) is 36.6 Å². The van der Waals surface area contributed by atoms with Gasteiger partial charge in [-0.2, -0.15) is 5.10 Å². The molecule has 0 spiro atoms. The minimum Gasteiger partial charge on any atom is -0.327 e. The van der Waals surface area contributed by atoms with Gasteiger partial charge in [-0.1, -0.05) is 24.3 Å². The number of hydrogen-bond donors (Lipinski definition) is 1. The summed E-state index contributed by atoms with van der Waals surface area (Å²) in [5, 5.41) is 4.26. The monoisotopic (exact) mass is 270 g/mol. The van der Waals surface area contributed by atoms with E-state index < -0.39 is 0 Å². The molecular weight excluding hydrogens is 248 g/mol. The zero-order valence-electron chi connectivity index (χ0n) is 11.8. The summed E-state index contributed by atoms with van der Waals surface area (Å²) in [6, 6.07) is 11.1. The van der Waals surface area contributed by atoms with Gasteiger partial charge in [0.1, 0.15) is 0 Å². The van der Waals surface area contributed by atoms with Crippen LogP contribution in [0.3, 0.4) is 0 Å². The number of rotatable bonds is 4. The Hall–Kier alpha value is -1.65. The minimum absolute atomic E-state index is 0.344. The van der Waals surface area contributed by atoms with Crippen molar-refractivity contribution in [3.63, 3.8) is 0 Å². The molecule has 0 saturated carbocycles. The van der Waals surface area contributed by atoms with E-state index in [1.165, 1.54) is 17.5 Å². The fourth-order valence-electron chi connectivity index (χ4n) is 2.90. The zero-order chi connectivity index (χ0) is 13.8. The van der Waals surface area contributed by atoms with Gasteiger partial charge < -0.3 is 5.73 Å². The molecule has 2 aromatic rings. The number of nitrogens with two attached hydrogens (primary N) is 1. The molecule has 20 heavy (non-hydrogen) atoms. The second-order valence-electron chi connectivity index (χ2n) is 5.66. The number of aromatic nitrogens is 2. The summed E-state index contributed by atoms with van der Waals surface area (Å²) in [6.07, 6.45) is 6.19. The summed E-state index contributed by atoms with van der Waals surface area (Å²) in [5.74, 6) is 0. The van der Waals surface area contributed by atoms with Crippen molar-refractivity contribution in [3.8, 4) is 0 Å². The molecule has 1 aliphatic heterocycles. The molecule has 1 aromatic heterocycles. The minimum atomic E-state index is 0.344. The molecule has 0 radical (unpaired) electrons. The molecular formula is C16H22N4. The molecule has 2 N–H and O–H groups in total. The number of likely N-dealkylation sites (tertiary alicyclic amines) is 1. The average molecular weight is 270 g/mol. The lowest BCUT2D eigenvalue weighted by Gasteiger charge is -2.30. The number of benzene rings is 1. The largest absolute Gasteiger partial charge is 0.327 e. The highest BCUT2D eigenvalue weighted by Gasteiger charge is 2.16. The summed E-state index contributed by atoms with van der Waals surface area (Å²) in [4.78, 5) is 2.46. The molecule has 1 aromatic carbocycles. The van der Waals surface area contributed by atoms with Crippen molar-refractivity contribution in [2.75, 3.05) is 13.1 Å². The highest BCUT2D eigenvalue weighted by Crippen LogP contribution is 2.14. The van der Waals surface area contributed by atoms with Crippen molar-refractivity contribution < 1.29 is 0 Å². The summed E-state index contributed by atoms with van der Waals surface area (Å²) in [7, 11) is 0. The lowest BCUT2D eigenvalue weighted by Crippen LogP contribution is -2.42. The van der Waals surface area contributed by atoms with Crippen molar-refractivity contribution in [1.82, 2.24) is 14.7 Å². The van der Waals surface area contributed by atoms with Crippen molar-refractivity contribution in [1.29, 1.82) is 0 Å². The van der Waals surface area contributed by atoms with Crippen molar-refractivity contribution >= 4 is 0 Å². The van der Waals surface area contributed by atoms with Crippen molar-refractivity contribution in [3.05, 3.63) is 53.9 Å². The maximum atomic E-state index is 6.05.